The smallest absolute Gasteiger partial charge is 0.127 e. The Morgan fingerprint density at radius 1 is 0.875 bits per heavy atom. The van der Waals surface area contributed by atoms with Gasteiger partial charge in [-0.1, -0.05) is 26.7 Å². The molecule has 0 aromatic carbocycles. The molecule has 2 N–H and O–H groups in total. The van der Waals surface area contributed by atoms with Crippen LogP contribution in [0.15, 0.2) is 0 Å². The van der Waals surface area contributed by atoms with Gasteiger partial charge in [-0.25, -0.2) is 0 Å². The van der Waals surface area contributed by atoms with Crippen LogP contribution in [0.1, 0.15) is 78.1 Å². The molecule has 0 amide bonds. The molecule has 5 rings (SSSR count). The second-order valence-electron chi connectivity index (χ2n) is 10.9. The fraction of sp³-hybridized carbons (Fsp3) is 1.00. The van der Waals surface area contributed by atoms with Crippen molar-refractivity contribution in [3.8, 4) is 0 Å². The molecular weight excluding hydrogens is 294 g/mol. The number of rotatable bonds is 2. The van der Waals surface area contributed by atoms with Gasteiger partial charge in [-0.05, 0) is 80.5 Å². The summed E-state index contributed by atoms with van der Waals surface area (Å²) in [7, 11) is 0. The summed E-state index contributed by atoms with van der Waals surface area (Å²) in [5.41, 5.74) is 0.481. The van der Waals surface area contributed by atoms with Crippen LogP contribution in [-0.4, -0.2) is 30.3 Å². The van der Waals surface area contributed by atoms with Crippen LogP contribution in [0.2, 0.25) is 0 Å². The molecule has 1 heterocycles. The highest BCUT2D eigenvalue weighted by molar-refractivity contribution is 5.13. The zero-order valence-electron chi connectivity index (χ0n) is 15.9. The molecule has 4 aliphatic carbocycles. The molecule has 136 valence electrons. The van der Waals surface area contributed by atoms with Gasteiger partial charge in [-0.2, -0.15) is 0 Å². The maximum absolute atomic E-state index is 11.6. The third-order valence-electron chi connectivity index (χ3n) is 10.1. The lowest BCUT2D eigenvalue weighted by Crippen LogP contribution is -2.96. The molecule has 1 aliphatic heterocycles. The summed E-state index contributed by atoms with van der Waals surface area (Å²) < 4.78 is 0. The molecule has 2 nitrogen and oxygen atoms in total. The fourth-order valence-corrected chi connectivity index (χ4v) is 8.37. The zero-order chi connectivity index (χ0) is 16.6. The molecule has 5 aliphatic rings. The van der Waals surface area contributed by atoms with Crippen molar-refractivity contribution in [3.63, 3.8) is 0 Å². The zero-order valence-corrected chi connectivity index (χ0v) is 15.9. The van der Waals surface area contributed by atoms with Crippen molar-refractivity contribution in [2.45, 2.75) is 83.7 Å². The molecule has 0 bridgehead atoms. The van der Waals surface area contributed by atoms with Crippen LogP contribution < -0.4 is 4.90 Å². The van der Waals surface area contributed by atoms with Gasteiger partial charge in [0.1, 0.15) is 25.2 Å². The molecule has 0 unspecified atom stereocenters. The molecule has 0 aromatic heterocycles. The normalized spacial score (nSPS) is 57.1. The number of aliphatic hydroxyl groups is 1. The first-order chi connectivity index (χ1) is 11.5. The Bertz CT molecular complexity index is 516. The highest BCUT2D eigenvalue weighted by Gasteiger charge is 2.65. The number of hydrogen-bond acceptors (Lipinski definition) is 1. The lowest BCUT2D eigenvalue weighted by Gasteiger charge is -2.61. The fourth-order valence-electron chi connectivity index (χ4n) is 8.37. The number of nitrogens with one attached hydrogen (secondary N) is 1. The molecule has 7 atom stereocenters. The van der Waals surface area contributed by atoms with Crippen LogP contribution in [0.5, 0.6) is 0 Å². The molecule has 4 saturated carbocycles. The minimum Gasteiger partial charge on any atom is -0.383 e. The Hall–Kier alpha value is -0.0800. The number of quaternary nitrogens is 1. The summed E-state index contributed by atoms with van der Waals surface area (Å²) in [6, 6.07) is 0. The molecule has 0 spiro atoms. The number of hydrogen-bond donors (Lipinski definition) is 2. The SMILES string of the molecule is C[C@]12CCCC[C@H]1CC[C@H]1[C@H]3CC[C@@](O)(C[NH+]4CC4)[C@@]3(C)CC[C@@H]12. The average molecular weight is 333 g/mol. The minimum atomic E-state index is -0.362. The topological polar surface area (TPSA) is 24.7 Å². The van der Waals surface area contributed by atoms with Gasteiger partial charge in [0.25, 0.3) is 0 Å². The molecule has 5 fully saturated rings. The monoisotopic (exact) mass is 332 g/mol. The first-order valence-electron chi connectivity index (χ1n) is 11.0. The van der Waals surface area contributed by atoms with Crippen molar-refractivity contribution in [1.29, 1.82) is 0 Å². The van der Waals surface area contributed by atoms with E-state index in [1.54, 1.807) is 4.90 Å². The van der Waals surface area contributed by atoms with Crippen LogP contribution in [0, 0.1) is 34.5 Å². The summed E-state index contributed by atoms with van der Waals surface area (Å²) in [6.45, 7) is 8.79. The molecular formula is C22H38NO+. The van der Waals surface area contributed by atoms with Gasteiger partial charge in [-0.3, -0.25) is 0 Å². The molecule has 0 aromatic rings. The standard InChI is InChI=1S/C22H37NO/c1-20-10-4-3-5-16(20)6-7-17-18(20)8-11-21(2)19(17)9-12-22(21,24)15-23-13-14-23/h16-19,24H,3-15H2,1-2H3/p+1/t16-,17+,18-,19+,20-,21-,22+/m0/s1. The van der Waals surface area contributed by atoms with Crippen molar-refractivity contribution in [1.82, 2.24) is 0 Å². The van der Waals surface area contributed by atoms with Crippen molar-refractivity contribution < 1.29 is 10.0 Å². The Morgan fingerprint density at radius 3 is 2.46 bits per heavy atom. The van der Waals surface area contributed by atoms with Crippen molar-refractivity contribution >= 4 is 0 Å². The van der Waals surface area contributed by atoms with Crippen LogP contribution >= 0.6 is 0 Å². The van der Waals surface area contributed by atoms with Gasteiger partial charge in [0.05, 0.1) is 0 Å². The molecule has 24 heavy (non-hydrogen) atoms. The van der Waals surface area contributed by atoms with E-state index in [1.807, 2.05) is 0 Å². The van der Waals surface area contributed by atoms with E-state index < -0.39 is 0 Å². The molecule has 1 saturated heterocycles. The van der Waals surface area contributed by atoms with Crippen molar-refractivity contribution in [2.75, 3.05) is 19.6 Å². The summed E-state index contributed by atoms with van der Waals surface area (Å²) in [6.07, 6.45) is 14.0. The Kier molecular flexibility index (Phi) is 3.51. The Morgan fingerprint density at radius 2 is 1.67 bits per heavy atom. The van der Waals surface area contributed by atoms with E-state index in [-0.39, 0.29) is 11.0 Å². The lowest BCUT2D eigenvalue weighted by atomic mass is 9.44. The Labute approximate surface area is 148 Å². The quantitative estimate of drug-likeness (QED) is 0.747. The van der Waals surface area contributed by atoms with Crippen LogP contribution in [0.4, 0.5) is 0 Å². The van der Waals surface area contributed by atoms with E-state index in [2.05, 4.69) is 13.8 Å². The minimum absolute atomic E-state index is 0.210. The van der Waals surface area contributed by atoms with Gasteiger partial charge in [0, 0.05) is 5.41 Å². The summed E-state index contributed by atoms with van der Waals surface area (Å²) >= 11 is 0. The van der Waals surface area contributed by atoms with E-state index in [0.29, 0.717) is 5.41 Å². The van der Waals surface area contributed by atoms with Gasteiger partial charge in [-0.15, -0.1) is 0 Å². The van der Waals surface area contributed by atoms with Gasteiger partial charge in [0.2, 0.25) is 0 Å². The molecule has 0 radical (unpaired) electrons. The van der Waals surface area contributed by atoms with E-state index in [4.69, 9.17) is 0 Å². The van der Waals surface area contributed by atoms with E-state index >= 15 is 0 Å². The van der Waals surface area contributed by atoms with Crippen LogP contribution in [0.25, 0.3) is 0 Å². The van der Waals surface area contributed by atoms with E-state index in [9.17, 15) is 5.11 Å². The van der Waals surface area contributed by atoms with E-state index in [0.717, 1.165) is 36.6 Å². The highest BCUT2D eigenvalue weighted by Crippen LogP contribution is 2.68. The first-order valence-corrected chi connectivity index (χ1v) is 11.0. The third kappa shape index (κ3) is 2.08. The predicted octanol–water partition coefficient (Wildman–Crippen LogP) is 3.05. The Balaban J connectivity index is 1.43. The maximum atomic E-state index is 11.6. The second kappa shape index (κ2) is 5.22. The van der Waals surface area contributed by atoms with Crippen molar-refractivity contribution in [2.24, 2.45) is 34.5 Å². The van der Waals surface area contributed by atoms with Crippen molar-refractivity contribution in [3.05, 3.63) is 0 Å². The van der Waals surface area contributed by atoms with Gasteiger partial charge >= 0.3 is 0 Å². The van der Waals surface area contributed by atoms with E-state index in [1.165, 1.54) is 70.9 Å². The largest absolute Gasteiger partial charge is 0.383 e. The third-order valence-corrected chi connectivity index (χ3v) is 10.1. The van der Waals surface area contributed by atoms with Gasteiger partial charge < -0.3 is 10.0 Å². The van der Waals surface area contributed by atoms with Gasteiger partial charge in [0.15, 0.2) is 0 Å². The maximum Gasteiger partial charge on any atom is 0.127 e. The summed E-state index contributed by atoms with van der Waals surface area (Å²) in [5, 5.41) is 11.6. The molecule has 2 heteroatoms. The second-order valence-corrected chi connectivity index (χ2v) is 10.9. The number of fused-ring (bicyclic) bond motifs is 5. The average Bonchev–Trinajstić information content (AvgIpc) is 3.32. The van der Waals surface area contributed by atoms with Crippen LogP contribution in [-0.2, 0) is 0 Å². The summed E-state index contributed by atoms with van der Waals surface area (Å²) in [5.74, 6) is 3.70. The van der Waals surface area contributed by atoms with Crippen LogP contribution in [0.3, 0.4) is 0 Å². The predicted molar refractivity (Wildman–Crippen MR) is 96.9 cm³/mol. The lowest BCUT2D eigenvalue weighted by molar-refractivity contribution is -0.770. The first kappa shape index (κ1) is 16.1. The highest BCUT2D eigenvalue weighted by atomic mass is 16.3. The summed E-state index contributed by atoms with van der Waals surface area (Å²) in [4.78, 5) is 1.66.